The van der Waals surface area contributed by atoms with Gasteiger partial charge in [0.2, 0.25) is 0 Å². The molecule has 20 heavy (non-hydrogen) atoms. The van der Waals surface area contributed by atoms with Crippen LogP contribution in [0.15, 0.2) is 24.5 Å². The second-order valence-corrected chi connectivity index (χ2v) is 4.66. The first kappa shape index (κ1) is 14.2. The Morgan fingerprint density at radius 2 is 1.95 bits per heavy atom. The molecule has 2 N–H and O–H groups in total. The molecule has 0 radical (unpaired) electrons. The van der Waals surface area contributed by atoms with Crippen LogP contribution >= 0.6 is 0 Å². The molecule has 5 heteroatoms. The molecule has 0 aliphatic rings. The fourth-order valence-corrected chi connectivity index (χ4v) is 2.08. The Morgan fingerprint density at radius 3 is 2.65 bits per heavy atom. The molecule has 0 saturated carbocycles. The second-order valence-electron chi connectivity index (χ2n) is 4.66. The summed E-state index contributed by atoms with van der Waals surface area (Å²) in [5.41, 5.74) is 2.40. The number of hydrogen-bond acceptors (Lipinski definition) is 4. The Kier molecular flexibility index (Phi) is 4.50. The van der Waals surface area contributed by atoms with Gasteiger partial charge in [0.05, 0.1) is 5.69 Å². The lowest BCUT2D eigenvalue weighted by molar-refractivity contribution is 0.631. The lowest BCUT2D eigenvalue weighted by Gasteiger charge is -2.14. The van der Waals surface area contributed by atoms with Crippen molar-refractivity contribution in [2.24, 2.45) is 0 Å². The van der Waals surface area contributed by atoms with Crippen molar-refractivity contribution < 1.29 is 4.39 Å². The molecular weight excluding hydrogens is 255 g/mol. The highest BCUT2D eigenvalue weighted by Crippen LogP contribution is 2.26. The average molecular weight is 274 g/mol. The quantitative estimate of drug-likeness (QED) is 0.873. The molecule has 0 unspecified atom stereocenters. The van der Waals surface area contributed by atoms with Gasteiger partial charge in [0.1, 0.15) is 23.8 Å². The predicted octanol–water partition coefficient (Wildman–Crippen LogP) is 3.66. The van der Waals surface area contributed by atoms with E-state index >= 15 is 0 Å². The number of rotatable bonds is 5. The summed E-state index contributed by atoms with van der Waals surface area (Å²) in [7, 11) is 1.82. The second kappa shape index (κ2) is 6.32. The van der Waals surface area contributed by atoms with Crippen molar-refractivity contribution in [1.82, 2.24) is 9.97 Å². The summed E-state index contributed by atoms with van der Waals surface area (Å²) in [5, 5.41) is 6.12. The van der Waals surface area contributed by atoms with Crippen molar-refractivity contribution in [2.45, 2.75) is 26.7 Å². The fraction of sp³-hybridized carbons (Fsp3) is 0.333. The molecule has 0 aliphatic carbocycles. The van der Waals surface area contributed by atoms with Crippen LogP contribution in [-0.2, 0) is 6.42 Å². The van der Waals surface area contributed by atoms with Gasteiger partial charge in [-0.3, -0.25) is 0 Å². The van der Waals surface area contributed by atoms with E-state index < -0.39 is 0 Å². The largest absolute Gasteiger partial charge is 0.373 e. The van der Waals surface area contributed by atoms with Gasteiger partial charge < -0.3 is 10.6 Å². The minimum absolute atomic E-state index is 0.289. The molecule has 1 aromatic carbocycles. The lowest BCUT2D eigenvalue weighted by atomic mass is 10.1. The van der Waals surface area contributed by atoms with Crippen LogP contribution in [0.3, 0.4) is 0 Å². The van der Waals surface area contributed by atoms with Gasteiger partial charge in [0.25, 0.3) is 0 Å². The lowest BCUT2D eigenvalue weighted by Crippen LogP contribution is -2.06. The maximum atomic E-state index is 13.8. The predicted molar refractivity (Wildman–Crippen MR) is 80.0 cm³/mol. The van der Waals surface area contributed by atoms with Crippen molar-refractivity contribution in [1.29, 1.82) is 0 Å². The van der Waals surface area contributed by atoms with Crippen LogP contribution < -0.4 is 10.6 Å². The van der Waals surface area contributed by atoms with E-state index in [0.717, 1.165) is 29.8 Å². The molecular formula is C15H19FN4. The van der Waals surface area contributed by atoms with Crippen LogP contribution in [-0.4, -0.2) is 17.0 Å². The van der Waals surface area contributed by atoms with Gasteiger partial charge in [0, 0.05) is 12.6 Å². The van der Waals surface area contributed by atoms with Crippen molar-refractivity contribution in [3.05, 3.63) is 41.5 Å². The summed E-state index contributed by atoms with van der Waals surface area (Å²) in [6, 6.07) is 4.97. The van der Waals surface area contributed by atoms with Gasteiger partial charge in [-0.25, -0.2) is 14.4 Å². The molecule has 0 fully saturated rings. The molecule has 1 aromatic heterocycles. The van der Waals surface area contributed by atoms with Crippen molar-refractivity contribution in [2.75, 3.05) is 17.7 Å². The van der Waals surface area contributed by atoms with Crippen molar-refractivity contribution in [3.63, 3.8) is 0 Å². The number of aromatic nitrogens is 2. The van der Waals surface area contributed by atoms with E-state index in [1.165, 1.54) is 12.4 Å². The molecule has 0 bridgehead atoms. The summed E-state index contributed by atoms with van der Waals surface area (Å²) < 4.78 is 13.8. The summed E-state index contributed by atoms with van der Waals surface area (Å²) in [5.74, 6) is 1.13. The van der Waals surface area contributed by atoms with Gasteiger partial charge >= 0.3 is 0 Å². The van der Waals surface area contributed by atoms with Gasteiger partial charge in [-0.15, -0.1) is 0 Å². The Balaban J connectivity index is 2.39. The highest BCUT2D eigenvalue weighted by atomic mass is 19.1. The zero-order valence-corrected chi connectivity index (χ0v) is 12.0. The van der Waals surface area contributed by atoms with Crippen LogP contribution in [0, 0.1) is 12.7 Å². The summed E-state index contributed by atoms with van der Waals surface area (Å²) in [4.78, 5) is 8.45. The Morgan fingerprint density at radius 1 is 1.20 bits per heavy atom. The zero-order valence-electron chi connectivity index (χ0n) is 12.0. The summed E-state index contributed by atoms with van der Waals surface area (Å²) in [6.07, 6.45) is 3.26. The molecule has 1 heterocycles. The first-order valence-corrected chi connectivity index (χ1v) is 6.70. The third-order valence-electron chi connectivity index (χ3n) is 3.06. The van der Waals surface area contributed by atoms with Crippen molar-refractivity contribution in [3.8, 4) is 0 Å². The minimum atomic E-state index is -0.289. The van der Waals surface area contributed by atoms with E-state index in [1.54, 1.807) is 12.1 Å². The number of anilines is 3. The van der Waals surface area contributed by atoms with Crippen LogP contribution in [0.25, 0.3) is 0 Å². The zero-order chi connectivity index (χ0) is 14.5. The number of hydrogen-bond donors (Lipinski definition) is 2. The Labute approximate surface area is 118 Å². The molecule has 0 spiro atoms. The number of nitrogens with zero attached hydrogens (tertiary/aromatic N) is 2. The Hall–Kier alpha value is -2.17. The topological polar surface area (TPSA) is 49.8 Å². The first-order valence-electron chi connectivity index (χ1n) is 6.70. The maximum absolute atomic E-state index is 13.8. The van der Waals surface area contributed by atoms with Gasteiger partial charge in [-0.05, 0) is 31.0 Å². The molecule has 0 amide bonds. The third-order valence-corrected chi connectivity index (χ3v) is 3.06. The number of nitrogens with one attached hydrogen (secondary N) is 2. The minimum Gasteiger partial charge on any atom is -0.373 e. The smallest absolute Gasteiger partial charge is 0.146 e. The van der Waals surface area contributed by atoms with Gasteiger partial charge in [-0.2, -0.15) is 0 Å². The number of halogens is 1. The Bertz CT molecular complexity index is 598. The van der Waals surface area contributed by atoms with E-state index in [1.807, 2.05) is 14.0 Å². The normalized spacial score (nSPS) is 10.4. The molecule has 4 nitrogen and oxygen atoms in total. The average Bonchev–Trinajstić information content (AvgIpc) is 2.45. The van der Waals surface area contributed by atoms with Crippen LogP contribution in [0.2, 0.25) is 0 Å². The highest BCUT2D eigenvalue weighted by Gasteiger charge is 2.11. The fourth-order valence-electron chi connectivity index (χ4n) is 2.08. The molecule has 0 saturated heterocycles. The van der Waals surface area contributed by atoms with Crippen molar-refractivity contribution >= 4 is 17.3 Å². The van der Waals surface area contributed by atoms with Crippen LogP contribution in [0.5, 0.6) is 0 Å². The summed E-state index contributed by atoms with van der Waals surface area (Å²) >= 11 is 0. The van der Waals surface area contributed by atoms with Crippen LogP contribution in [0.1, 0.15) is 24.5 Å². The van der Waals surface area contributed by atoms with E-state index in [-0.39, 0.29) is 5.82 Å². The number of benzene rings is 1. The maximum Gasteiger partial charge on any atom is 0.146 e. The highest BCUT2D eigenvalue weighted by molar-refractivity contribution is 5.65. The van der Waals surface area contributed by atoms with E-state index in [2.05, 4.69) is 27.5 Å². The SMILES string of the molecule is CCCc1c(NC)ncnc1Nc1cc(C)ccc1F. The van der Waals surface area contributed by atoms with E-state index in [9.17, 15) is 4.39 Å². The standard InChI is InChI=1S/C15H19FN4/c1-4-5-11-14(17-3)18-9-19-15(11)20-13-8-10(2)6-7-12(13)16/h6-9H,4-5H2,1-3H3,(H2,17,18,19,20). The molecule has 0 atom stereocenters. The molecule has 2 rings (SSSR count). The molecule has 106 valence electrons. The van der Waals surface area contributed by atoms with Gasteiger partial charge in [0.15, 0.2) is 0 Å². The van der Waals surface area contributed by atoms with Gasteiger partial charge in [-0.1, -0.05) is 19.4 Å². The molecule has 2 aromatic rings. The van der Waals surface area contributed by atoms with E-state index in [0.29, 0.717) is 11.5 Å². The van der Waals surface area contributed by atoms with Crippen LogP contribution in [0.4, 0.5) is 21.7 Å². The number of aryl methyl sites for hydroxylation is 1. The summed E-state index contributed by atoms with van der Waals surface area (Å²) in [6.45, 7) is 4.01. The first-order chi connectivity index (χ1) is 9.65. The monoisotopic (exact) mass is 274 g/mol. The third kappa shape index (κ3) is 3.04. The molecule has 0 aliphatic heterocycles. The van der Waals surface area contributed by atoms with E-state index in [4.69, 9.17) is 0 Å².